The quantitative estimate of drug-likeness (QED) is 0.939. The number of hydrogen-bond donors (Lipinski definition) is 1. The Hall–Kier alpha value is -2.34. The van der Waals surface area contributed by atoms with E-state index < -0.39 is 22.0 Å². The molecule has 0 spiro atoms. The first-order valence-corrected chi connectivity index (χ1v) is 7.86. The molecule has 0 radical (unpaired) electrons. The summed E-state index contributed by atoms with van der Waals surface area (Å²) < 4.78 is 26.6. The van der Waals surface area contributed by atoms with E-state index >= 15 is 0 Å². The van der Waals surface area contributed by atoms with Gasteiger partial charge in [-0.1, -0.05) is 36.4 Å². The Labute approximate surface area is 122 Å². The van der Waals surface area contributed by atoms with Crippen LogP contribution in [0.5, 0.6) is 0 Å². The maximum atomic E-state index is 12.8. The van der Waals surface area contributed by atoms with Crippen LogP contribution >= 0.6 is 0 Å². The fourth-order valence-corrected chi connectivity index (χ4v) is 4.21. The molecular weight excluding hydrogens is 290 g/mol. The van der Waals surface area contributed by atoms with Gasteiger partial charge in [-0.2, -0.15) is 0 Å². The Kier molecular flexibility index (Phi) is 3.17. The molecule has 0 aliphatic carbocycles. The van der Waals surface area contributed by atoms with Crippen LogP contribution in [0.3, 0.4) is 0 Å². The molecule has 1 heterocycles. The molecule has 1 N–H and O–H groups in total. The maximum Gasteiger partial charge on any atom is 0.327 e. The summed E-state index contributed by atoms with van der Waals surface area (Å²) in [5.41, 5.74) is 1.16. The van der Waals surface area contributed by atoms with E-state index in [0.717, 1.165) is 9.87 Å². The van der Waals surface area contributed by atoms with Crippen LogP contribution in [0.15, 0.2) is 59.5 Å². The van der Waals surface area contributed by atoms with Crippen molar-refractivity contribution < 1.29 is 18.3 Å². The second kappa shape index (κ2) is 4.89. The molecule has 108 valence electrons. The van der Waals surface area contributed by atoms with Crippen LogP contribution in [0.1, 0.15) is 5.56 Å². The number of carbonyl (C=O) groups is 1. The molecule has 5 nitrogen and oxygen atoms in total. The molecule has 1 atom stereocenters. The van der Waals surface area contributed by atoms with Gasteiger partial charge in [0.25, 0.3) is 10.0 Å². The maximum absolute atomic E-state index is 12.8. The normalized spacial score (nSPS) is 17.5. The fraction of sp³-hybridized carbons (Fsp3) is 0.133. The van der Waals surface area contributed by atoms with Gasteiger partial charge in [0.2, 0.25) is 0 Å². The number of benzene rings is 2. The number of hydrogen-bond acceptors (Lipinski definition) is 3. The first-order chi connectivity index (χ1) is 10.0. The Morgan fingerprint density at radius 1 is 1.05 bits per heavy atom. The van der Waals surface area contributed by atoms with Crippen LogP contribution in [0.2, 0.25) is 0 Å². The van der Waals surface area contributed by atoms with Crippen LogP contribution in [-0.4, -0.2) is 25.5 Å². The Morgan fingerprint density at radius 3 is 2.33 bits per heavy atom. The van der Waals surface area contributed by atoms with Crippen molar-refractivity contribution in [3.63, 3.8) is 0 Å². The Balaban J connectivity index is 2.17. The van der Waals surface area contributed by atoms with Crippen molar-refractivity contribution in [2.75, 3.05) is 4.31 Å². The third-order valence-corrected chi connectivity index (χ3v) is 5.35. The van der Waals surface area contributed by atoms with Gasteiger partial charge < -0.3 is 5.11 Å². The Bertz CT molecular complexity index is 786. The summed E-state index contributed by atoms with van der Waals surface area (Å²) in [5, 5.41) is 9.36. The van der Waals surface area contributed by atoms with Gasteiger partial charge >= 0.3 is 5.97 Å². The number of rotatable bonds is 3. The lowest BCUT2D eigenvalue weighted by atomic mass is 10.1. The predicted octanol–water partition coefficient (Wildman–Crippen LogP) is 1.89. The standard InChI is InChI=1S/C15H13NO4S/c17-15(18)14-10-11-6-4-5-9-13(11)16(14)21(19,20)12-7-2-1-3-8-12/h1-9,14H,10H2,(H,17,18)/t14-/m0/s1. The zero-order valence-electron chi connectivity index (χ0n) is 11.0. The molecule has 0 saturated heterocycles. The van der Waals surface area contributed by atoms with E-state index in [1.165, 1.54) is 12.1 Å². The third-order valence-electron chi connectivity index (χ3n) is 3.51. The molecule has 2 aromatic carbocycles. The van der Waals surface area contributed by atoms with Gasteiger partial charge in [0.1, 0.15) is 6.04 Å². The molecule has 6 heteroatoms. The highest BCUT2D eigenvalue weighted by Crippen LogP contribution is 2.36. The summed E-state index contributed by atoms with van der Waals surface area (Å²) in [6.45, 7) is 0. The van der Waals surface area contributed by atoms with Crippen LogP contribution in [-0.2, 0) is 21.2 Å². The molecule has 0 fully saturated rings. The monoisotopic (exact) mass is 303 g/mol. The van der Waals surface area contributed by atoms with E-state index in [2.05, 4.69) is 0 Å². The third kappa shape index (κ3) is 2.17. The molecular formula is C15H13NO4S. The summed E-state index contributed by atoms with van der Waals surface area (Å²) >= 11 is 0. The van der Waals surface area contributed by atoms with Gasteiger partial charge in [0.05, 0.1) is 10.6 Å². The van der Waals surface area contributed by atoms with E-state index in [0.29, 0.717) is 5.69 Å². The van der Waals surface area contributed by atoms with Crippen LogP contribution < -0.4 is 4.31 Å². The van der Waals surface area contributed by atoms with Crippen molar-refractivity contribution in [3.05, 3.63) is 60.2 Å². The lowest BCUT2D eigenvalue weighted by Gasteiger charge is -2.24. The minimum absolute atomic E-state index is 0.0907. The molecule has 1 aliphatic heterocycles. The van der Waals surface area contributed by atoms with E-state index in [1.54, 1.807) is 42.5 Å². The molecule has 0 unspecified atom stereocenters. The summed E-state index contributed by atoms with van der Waals surface area (Å²) in [7, 11) is -3.89. The zero-order valence-corrected chi connectivity index (χ0v) is 11.8. The first kappa shape index (κ1) is 13.6. The topological polar surface area (TPSA) is 74.7 Å². The molecule has 21 heavy (non-hydrogen) atoms. The van der Waals surface area contributed by atoms with Crippen molar-refractivity contribution in [2.45, 2.75) is 17.4 Å². The zero-order chi connectivity index (χ0) is 15.0. The second-order valence-electron chi connectivity index (χ2n) is 4.80. The average molecular weight is 303 g/mol. The lowest BCUT2D eigenvalue weighted by Crippen LogP contribution is -2.42. The van der Waals surface area contributed by atoms with Crippen molar-refractivity contribution >= 4 is 21.7 Å². The van der Waals surface area contributed by atoms with E-state index in [4.69, 9.17) is 0 Å². The number of fused-ring (bicyclic) bond motifs is 1. The van der Waals surface area contributed by atoms with Gasteiger partial charge in [0, 0.05) is 6.42 Å². The smallest absolute Gasteiger partial charge is 0.327 e. The van der Waals surface area contributed by atoms with E-state index in [9.17, 15) is 18.3 Å². The van der Waals surface area contributed by atoms with E-state index in [-0.39, 0.29) is 11.3 Å². The molecule has 0 amide bonds. The number of aliphatic carboxylic acids is 1. The number of para-hydroxylation sites is 1. The average Bonchev–Trinajstić information content (AvgIpc) is 2.88. The highest BCUT2D eigenvalue weighted by atomic mass is 32.2. The van der Waals surface area contributed by atoms with Gasteiger partial charge in [0.15, 0.2) is 0 Å². The Morgan fingerprint density at radius 2 is 1.67 bits per heavy atom. The fourth-order valence-electron chi connectivity index (χ4n) is 2.55. The summed E-state index contributed by atoms with van der Waals surface area (Å²) in [6.07, 6.45) is 0.178. The number of carboxylic acid groups (broad SMARTS) is 1. The highest BCUT2D eigenvalue weighted by molar-refractivity contribution is 7.93. The van der Waals surface area contributed by atoms with Crippen molar-refractivity contribution in [2.24, 2.45) is 0 Å². The van der Waals surface area contributed by atoms with Gasteiger partial charge in [-0.25, -0.2) is 13.2 Å². The van der Waals surface area contributed by atoms with Gasteiger partial charge in [-0.15, -0.1) is 0 Å². The van der Waals surface area contributed by atoms with E-state index in [1.807, 2.05) is 0 Å². The number of nitrogens with zero attached hydrogens (tertiary/aromatic N) is 1. The van der Waals surface area contributed by atoms with Crippen molar-refractivity contribution in [3.8, 4) is 0 Å². The molecule has 0 aromatic heterocycles. The van der Waals surface area contributed by atoms with Gasteiger partial charge in [-0.3, -0.25) is 4.31 Å². The number of anilines is 1. The van der Waals surface area contributed by atoms with Crippen LogP contribution in [0.4, 0.5) is 5.69 Å². The summed E-state index contributed by atoms with van der Waals surface area (Å²) in [4.78, 5) is 11.5. The lowest BCUT2D eigenvalue weighted by molar-refractivity contribution is -0.138. The van der Waals surface area contributed by atoms with Crippen molar-refractivity contribution in [1.29, 1.82) is 0 Å². The van der Waals surface area contributed by atoms with Crippen molar-refractivity contribution in [1.82, 2.24) is 0 Å². The highest BCUT2D eigenvalue weighted by Gasteiger charge is 2.42. The second-order valence-corrected chi connectivity index (χ2v) is 6.62. The minimum atomic E-state index is -3.89. The molecule has 2 aromatic rings. The molecule has 0 saturated carbocycles. The minimum Gasteiger partial charge on any atom is -0.480 e. The number of carboxylic acids is 1. The van der Waals surface area contributed by atoms with Gasteiger partial charge in [-0.05, 0) is 23.8 Å². The molecule has 1 aliphatic rings. The predicted molar refractivity (Wildman–Crippen MR) is 77.7 cm³/mol. The summed E-state index contributed by atoms with van der Waals surface area (Å²) in [6, 6.07) is 13.6. The van der Waals surface area contributed by atoms with Crippen LogP contribution in [0.25, 0.3) is 0 Å². The number of sulfonamides is 1. The largest absolute Gasteiger partial charge is 0.480 e. The summed E-state index contributed by atoms with van der Waals surface area (Å²) in [5.74, 6) is -1.15. The molecule has 0 bridgehead atoms. The van der Waals surface area contributed by atoms with Crippen LogP contribution in [0, 0.1) is 0 Å². The SMILES string of the molecule is O=C(O)[C@@H]1Cc2ccccc2N1S(=O)(=O)c1ccccc1. The first-order valence-electron chi connectivity index (χ1n) is 6.42. The molecule has 3 rings (SSSR count).